The molecule has 1 aliphatic rings. The molecule has 1 fully saturated rings. The molecule has 0 bridgehead atoms. The molecule has 0 spiro atoms. The fourth-order valence-corrected chi connectivity index (χ4v) is 4.87. The van der Waals surface area contributed by atoms with Crippen molar-refractivity contribution in [1.29, 1.82) is 0 Å². The minimum Gasteiger partial charge on any atom is -0.497 e. The first-order valence-electron chi connectivity index (χ1n) is 10.9. The van der Waals surface area contributed by atoms with Gasteiger partial charge in [-0.2, -0.15) is 0 Å². The van der Waals surface area contributed by atoms with Crippen molar-refractivity contribution in [3.05, 3.63) is 54.1 Å². The van der Waals surface area contributed by atoms with Crippen molar-refractivity contribution in [3.63, 3.8) is 0 Å². The van der Waals surface area contributed by atoms with E-state index in [1.165, 1.54) is 4.90 Å². The molecule has 3 atom stereocenters. The van der Waals surface area contributed by atoms with E-state index in [0.29, 0.717) is 23.4 Å². The van der Waals surface area contributed by atoms with Crippen LogP contribution in [-0.2, 0) is 9.59 Å². The summed E-state index contributed by atoms with van der Waals surface area (Å²) in [7, 11) is 0.733. The number of aliphatic hydroxyl groups excluding tert-OH is 1. The lowest BCUT2D eigenvalue weighted by Crippen LogP contribution is -2.41. The van der Waals surface area contributed by atoms with Gasteiger partial charge in [0.2, 0.25) is 5.91 Å². The van der Waals surface area contributed by atoms with E-state index in [2.05, 4.69) is 29.4 Å². The number of hydrogen-bond donors (Lipinski definition) is 3. The first-order valence-corrected chi connectivity index (χ1v) is 13.7. The third-order valence-electron chi connectivity index (χ3n) is 5.84. The molecule has 174 valence electrons. The van der Waals surface area contributed by atoms with E-state index in [9.17, 15) is 14.7 Å². The third-order valence-corrected chi connectivity index (χ3v) is 7.53. The highest BCUT2D eigenvalue weighted by atomic mass is 32.3. The van der Waals surface area contributed by atoms with Crippen molar-refractivity contribution in [2.24, 2.45) is 5.92 Å². The Labute approximate surface area is 192 Å². The number of rotatable bonds is 7. The zero-order valence-corrected chi connectivity index (χ0v) is 20.1. The summed E-state index contributed by atoms with van der Waals surface area (Å²) in [5.41, 5.74) is 1.35. The molecule has 3 N–H and O–H groups in total. The van der Waals surface area contributed by atoms with E-state index in [0.717, 1.165) is 19.3 Å². The second kappa shape index (κ2) is 10.4. The summed E-state index contributed by atoms with van der Waals surface area (Å²) in [6.07, 6.45) is 8.87. The first kappa shape index (κ1) is 24.1. The summed E-state index contributed by atoms with van der Waals surface area (Å²) in [4.78, 5) is 27.4. The zero-order valence-electron chi connectivity index (χ0n) is 19.3. The number of nitrogens with one attached hydrogen (secondary N) is 2. The van der Waals surface area contributed by atoms with Crippen LogP contribution in [-0.4, -0.2) is 48.9 Å². The Morgan fingerprint density at radius 2 is 1.69 bits per heavy atom. The Morgan fingerprint density at radius 1 is 1.03 bits per heavy atom. The first-order chi connectivity index (χ1) is 15.2. The Morgan fingerprint density at radius 3 is 2.25 bits per heavy atom. The molecule has 0 radical (unpaired) electrons. The molecule has 2 aromatic carbocycles. The normalized spacial score (nSPS) is 20.2. The summed E-state index contributed by atoms with van der Waals surface area (Å²) in [5.74, 6) is -0.127. The number of hydrogen-bond acceptors (Lipinski definition) is 4. The van der Waals surface area contributed by atoms with Gasteiger partial charge in [0.15, 0.2) is 0 Å². The molecule has 6 nitrogen and oxygen atoms in total. The van der Waals surface area contributed by atoms with Crippen LogP contribution < -0.4 is 15.4 Å². The molecule has 1 aliphatic carbocycles. The molecule has 0 aromatic heterocycles. The van der Waals surface area contributed by atoms with E-state index in [4.69, 9.17) is 4.74 Å². The molecule has 7 heteroatoms. The Hall–Kier alpha value is -2.51. The summed E-state index contributed by atoms with van der Waals surface area (Å²) >= 11 is 0. The minimum atomic E-state index is -0.849. The van der Waals surface area contributed by atoms with E-state index in [1.807, 2.05) is 24.3 Å². The molecule has 32 heavy (non-hydrogen) atoms. The molecule has 0 heterocycles. The maximum absolute atomic E-state index is 13.2. The number of carbonyl (C=O) groups is 2. The van der Waals surface area contributed by atoms with Gasteiger partial charge < -0.3 is 20.5 Å². The van der Waals surface area contributed by atoms with Crippen molar-refractivity contribution < 1.29 is 19.4 Å². The standard InChI is InChI=1S/C25H34N2O4S/c1-31-21-12-8-17(9-13-21)23(27-24(29)18-6-5-7-20(28)16-18)25(30)26-19-10-14-22(15-11-19)32(2,3)4/h8-15,18,20,23,28H,5-7,16H2,1-4H3,(H,26,30)(H,27,29). The van der Waals surface area contributed by atoms with Crippen LogP contribution in [0.1, 0.15) is 37.3 Å². The van der Waals surface area contributed by atoms with Gasteiger partial charge in [0.1, 0.15) is 11.8 Å². The van der Waals surface area contributed by atoms with E-state index in [1.54, 1.807) is 31.4 Å². The predicted molar refractivity (Wildman–Crippen MR) is 131 cm³/mol. The van der Waals surface area contributed by atoms with Crippen molar-refractivity contribution >= 4 is 27.5 Å². The number of amides is 2. The number of carbonyl (C=O) groups excluding carboxylic acids is 2. The summed E-state index contributed by atoms with van der Waals surface area (Å²) < 4.78 is 5.22. The van der Waals surface area contributed by atoms with Crippen LogP contribution in [0.15, 0.2) is 53.4 Å². The van der Waals surface area contributed by atoms with Gasteiger partial charge in [-0.15, -0.1) is 0 Å². The second-order valence-electron chi connectivity index (χ2n) is 9.08. The van der Waals surface area contributed by atoms with Gasteiger partial charge in [-0.1, -0.05) is 18.6 Å². The minimum absolute atomic E-state index is 0.202. The average molecular weight is 459 g/mol. The zero-order chi connectivity index (χ0) is 23.3. The van der Waals surface area contributed by atoms with Crippen LogP contribution in [0, 0.1) is 5.92 Å². The molecule has 1 saturated carbocycles. The number of benzene rings is 2. The smallest absolute Gasteiger partial charge is 0.251 e. The molecule has 3 unspecified atom stereocenters. The van der Waals surface area contributed by atoms with Crippen LogP contribution >= 0.6 is 10.0 Å². The Kier molecular flexibility index (Phi) is 7.85. The summed E-state index contributed by atoms with van der Waals surface area (Å²) in [6.45, 7) is 0. The molecular weight excluding hydrogens is 424 g/mol. The highest BCUT2D eigenvalue weighted by molar-refractivity contribution is 8.32. The summed E-state index contributed by atoms with van der Waals surface area (Å²) in [6, 6.07) is 14.1. The number of aliphatic hydroxyl groups is 1. The van der Waals surface area contributed by atoms with Gasteiger partial charge in [-0.3, -0.25) is 9.59 Å². The predicted octanol–water partition coefficient (Wildman–Crippen LogP) is 4.10. The average Bonchev–Trinajstić information content (AvgIpc) is 2.77. The Bertz CT molecular complexity index is 922. The van der Waals surface area contributed by atoms with E-state index >= 15 is 0 Å². The van der Waals surface area contributed by atoms with Crippen molar-refractivity contribution in [2.45, 2.75) is 42.7 Å². The molecule has 0 saturated heterocycles. The van der Waals surface area contributed by atoms with Crippen LogP contribution in [0.3, 0.4) is 0 Å². The fourth-order valence-electron chi connectivity index (χ4n) is 3.92. The number of ether oxygens (including phenoxy) is 1. The second-order valence-corrected chi connectivity index (χ2v) is 13.2. The lowest BCUT2D eigenvalue weighted by Gasteiger charge is -2.27. The van der Waals surface area contributed by atoms with Gasteiger partial charge in [0.25, 0.3) is 5.91 Å². The van der Waals surface area contributed by atoms with Crippen molar-refractivity contribution in [1.82, 2.24) is 5.32 Å². The van der Waals surface area contributed by atoms with Crippen molar-refractivity contribution in [3.8, 4) is 5.75 Å². The quantitative estimate of drug-likeness (QED) is 0.583. The van der Waals surface area contributed by atoms with Gasteiger partial charge >= 0.3 is 0 Å². The molecular formula is C25H34N2O4S. The largest absolute Gasteiger partial charge is 0.497 e. The lowest BCUT2D eigenvalue weighted by atomic mass is 9.86. The van der Waals surface area contributed by atoms with Gasteiger partial charge in [0, 0.05) is 11.6 Å². The van der Waals surface area contributed by atoms with Gasteiger partial charge in [-0.05, 0) is 84.9 Å². The third kappa shape index (κ3) is 6.26. The summed E-state index contributed by atoms with van der Waals surface area (Å²) in [5, 5.41) is 15.8. The maximum atomic E-state index is 13.2. The van der Waals surface area contributed by atoms with Crippen LogP contribution in [0.5, 0.6) is 5.75 Å². The lowest BCUT2D eigenvalue weighted by molar-refractivity contribution is -0.131. The van der Waals surface area contributed by atoms with Crippen molar-refractivity contribution in [2.75, 3.05) is 31.2 Å². The van der Waals surface area contributed by atoms with Crippen LogP contribution in [0.25, 0.3) is 0 Å². The van der Waals surface area contributed by atoms with Crippen LogP contribution in [0.2, 0.25) is 0 Å². The number of anilines is 1. The molecule has 0 aliphatic heterocycles. The highest BCUT2D eigenvalue weighted by Gasteiger charge is 2.30. The monoisotopic (exact) mass is 458 g/mol. The molecule has 2 aromatic rings. The van der Waals surface area contributed by atoms with Crippen LogP contribution in [0.4, 0.5) is 5.69 Å². The van der Waals surface area contributed by atoms with Gasteiger partial charge in [0.05, 0.1) is 13.2 Å². The highest BCUT2D eigenvalue weighted by Crippen LogP contribution is 2.45. The SMILES string of the molecule is COc1ccc(C(NC(=O)C2CCCC(O)C2)C(=O)Nc2ccc(S(C)(C)C)cc2)cc1. The maximum Gasteiger partial charge on any atom is 0.251 e. The molecule has 2 amide bonds. The Balaban J connectivity index is 1.79. The molecule has 3 rings (SSSR count). The van der Waals surface area contributed by atoms with E-state index < -0.39 is 22.2 Å². The van der Waals surface area contributed by atoms with Gasteiger partial charge in [-0.25, -0.2) is 10.0 Å². The topological polar surface area (TPSA) is 87.7 Å². The fraction of sp³-hybridized carbons (Fsp3) is 0.440. The van der Waals surface area contributed by atoms with E-state index in [-0.39, 0.29) is 17.7 Å². The number of methoxy groups -OCH3 is 1.